The number of aryl methyl sites for hydroxylation is 1. The van der Waals surface area contributed by atoms with Crippen LogP contribution in [-0.4, -0.2) is 126 Å². The van der Waals surface area contributed by atoms with E-state index in [2.05, 4.69) is 31.9 Å². The molecule has 3 unspecified atom stereocenters. The van der Waals surface area contributed by atoms with E-state index in [0.717, 1.165) is 41.2 Å². The van der Waals surface area contributed by atoms with Crippen molar-refractivity contribution in [1.29, 1.82) is 0 Å². The Hall–Kier alpha value is -6.27. The second-order valence-corrected chi connectivity index (χ2v) is 23.7. The molecular formula is C58H79F2N9O7. The lowest BCUT2D eigenvalue weighted by atomic mass is 9.84. The Morgan fingerprint density at radius 2 is 1.28 bits per heavy atom. The van der Waals surface area contributed by atoms with E-state index in [1.165, 1.54) is 26.8 Å². The molecule has 0 spiro atoms. The number of amides is 7. The normalized spacial score (nSPS) is 21.9. The molecule has 3 aromatic rings. The van der Waals surface area contributed by atoms with Crippen LogP contribution in [-0.2, 0) is 52.9 Å². The molecule has 2 fully saturated rings. The lowest BCUT2D eigenvalue weighted by Crippen LogP contribution is -2.62. The van der Waals surface area contributed by atoms with Crippen LogP contribution >= 0.6 is 0 Å². The number of nitrogens with zero attached hydrogens (tertiary/aromatic N) is 3. The molecular weight excluding hydrogens is 973 g/mol. The number of fused-ring (bicyclic) bond motifs is 2. The molecule has 0 bridgehead atoms. The van der Waals surface area contributed by atoms with Gasteiger partial charge in [-0.15, -0.1) is 0 Å². The summed E-state index contributed by atoms with van der Waals surface area (Å²) in [5.41, 5.74) is 0.812. The minimum absolute atomic E-state index is 0.0186. The summed E-state index contributed by atoms with van der Waals surface area (Å²) in [5.74, 6) is -5.49. The molecule has 6 N–H and O–H groups in total. The minimum atomic E-state index is -1.23. The lowest BCUT2D eigenvalue weighted by molar-refractivity contribution is -0.153. The summed E-state index contributed by atoms with van der Waals surface area (Å²) >= 11 is 0. The van der Waals surface area contributed by atoms with Crippen LogP contribution in [0.25, 0.3) is 0 Å². The average Bonchev–Trinajstić information content (AvgIpc) is 4.09. The van der Waals surface area contributed by atoms with Gasteiger partial charge in [0.05, 0.1) is 29.6 Å². The Morgan fingerprint density at radius 3 is 1.86 bits per heavy atom. The van der Waals surface area contributed by atoms with E-state index < -0.39 is 118 Å². The summed E-state index contributed by atoms with van der Waals surface area (Å²) in [5, 5.41) is 18.0. The largest absolute Gasteiger partial charge is 0.351 e. The van der Waals surface area contributed by atoms with Crippen molar-refractivity contribution in [1.82, 2.24) is 46.6 Å². The third-order valence-electron chi connectivity index (χ3n) is 16.2. The van der Waals surface area contributed by atoms with E-state index in [1.54, 1.807) is 34.9 Å². The molecule has 16 nitrogen and oxygen atoms in total. The highest BCUT2D eigenvalue weighted by Gasteiger charge is 2.55. The summed E-state index contributed by atoms with van der Waals surface area (Å²) < 4.78 is 31.0. The fourth-order valence-corrected chi connectivity index (χ4v) is 10.9. The van der Waals surface area contributed by atoms with E-state index >= 15 is 23.2 Å². The lowest BCUT2D eigenvalue weighted by Gasteiger charge is -2.44. The SMILES string of the molecule is CN[C@@H](C)C(=O)NC(C(=O)N1Cc2ccccc2CC1C(=O)N(CC1(C(=O)N[C@H]2C[C@@H](C(=O)NC3CCCc4ccccc43)N(C(=O)[C@@H](NC(=O)[C@H](C)NC)C(C)(C)C)C2)CC1)[C@H](C)c1cccc(F)c1F)C(C)(C)C. The first-order valence-corrected chi connectivity index (χ1v) is 26.9. The molecule has 0 aromatic heterocycles. The zero-order valence-electron chi connectivity index (χ0n) is 46.1. The molecule has 4 aliphatic rings. The van der Waals surface area contributed by atoms with Gasteiger partial charge >= 0.3 is 0 Å². The highest BCUT2D eigenvalue weighted by atomic mass is 19.2. The second kappa shape index (κ2) is 23.1. The highest BCUT2D eigenvalue weighted by Crippen LogP contribution is 2.49. The molecule has 7 rings (SSSR count). The monoisotopic (exact) mass is 1050 g/mol. The predicted octanol–water partition coefficient (Wildman–Crippen LogP) is 5.15. The number of likely N-dealkylation sites (tertiary alicyclic amines) is 1. The topological polar surface area (TPSA) is 201 Å². The van der Waals surface area contributed by atoms with Crippen molar-refractivity contribution in [2.75, 3.05) is 27.2 Å². The predicted molar refractivity (Wildman–Crippen MR) is 285 cm³/mol. The van der Waals surface area contributed by atoms with Crippen LogP contribution in [0.1, 0.15) is 134 Å². The summed E-state index contributed by atoms with van der Waals surface area (Å²) in [4.78, 5) is 106. The van der Waals surface area contributed by atoms with Gasteiger partial charge in [-0.25, -0.2) is 8.78 Å². The number of hydrogen-bond acceptors (Lipinski definition) is 9. The molecule has 2 heterocycles. The van der Waals surface area contributed by atoms with Crippen molar-refractivity contribution < 1.29 is 42.3 Å². The Morgan fingerprint density at radius 1 is 0.711 bits per heavy atom. The van der Waals surface area contributed by atoms with Gasteiger partial charge in [0.15, 0.2) is 11.6 Å². The van der Waals surface area contributed by atoms with Gasteiger partial charge in [0.1, 0.15) is 24.2 Å². The number of hydrogen-bond donors (Lipinski definition) is 6. The van der Waals surface area contributed by atoms with Crippen LogP contribution in [0.15, 0.2) is 66.7 Å². The Balaban J connectivity index is 1.21. The van der Waals surface area contributed by atoms with Crippen molar-refractivity contribution in [3.63, 3.8) is 0 Å². The number of nitrogens with one attached hydrogen (secondary N) is 6. The maximum Gasteiger partial charge on any atom is 0.246 e. The number of likely N-dealkylation sites (N-methyl/N-ethyl adjacent to an activating group) is 2. The Kier molecular flexibility index (Phi) is 17.5. The van der Waals surface area contributed by atoms with Gasteiger partial charge in [0.25, 0.3) is 0 Å². The molecule has 3 aromatic carbocycles. The molecule has 76 heavy (non-hydrogen) atoms. The van der Waals surface area contributed by atoms with Gasteiger partial charge < -0.3 is 46.6 Å². The van der Waals surface area contributed by atoms with Crippen LogP contribution in [0.5, 0.6) is 0 Å². The van der Waals surface area contributed by atoms with Gasteiger partial charge in [-0.1, -0.05) is 102 Å². The number of benzene rings is 3. The fourth-order valence-electron chi connectivity index (χ4n) is 10.9. The van der Waals surface area contributed by atoms with Gasteiger partial charge in [0.2, 0.25) is 41.4 Å². The van der Waals surface area contributed by atoms with Crippen LogP contribution < -0.4 is 31.9 Å². The summed E-state index contributed by atoms with van der Waals surface area (Å²) in [6, 6.07) is 11.4. The summed E-state index contributed by atoms with van der Waals surface area (Å²) in [6.07, 6.45) is 3.19. The summed E-state index contributed by atoms with van der Waals surface area (Å²) in [6.45, 7) is 15.6. The van der Waals surface area contributed by atoms with E-state index in [1.807, 2.05) is 90.1 Å². The van der Waals surface area contributed by atoms with Crippen molar-refractivity contribution in [3.8, 4) is 0 Å². The molecule has 412 valence electrons. The van der Waals surface area contributed by atoms with Crippen LogP contribution in [0, 0.1) is 27.9 Å². The number of carbonyl (C=O) groups is 7. The molecule has 1 saturated carbocycles. The third kappa shape index (κ3) is 12.4. The Labute approximate surface area is 446 Å². The number of halogens is 2. The molecule has 1 saturated heterocycles. The minimum Gasteiger partial charge on any atom is -0.351 e. The molecule has 2 aliphatic carbocycles. The van der Waals surface area contributed by atoms with Gasteiger partial charge in [0, 0.05) is 37.7 Å². The number of rotatable bonds is 17. The third-order valence-corrected chi connectivity index (χ3v) is 16.2. The maximum absolute atomic E-state index is 15.9. The zero-order valence-corrected chi connectivity index (χ0v) is 46.1. The molecule has 2 aliphatic heterocycles. The van der Waals surface area contributed by atoms with Gasteiger partial charge in [-0.3, -0.25) is 33.6 Å². The first-order chi connectivity index (χ1) is 35.8. The first kappa shape index (κ1) is 57.4. The van der Waals surface area contributed by atoms with E-state index in [-0.39, 0.29) is 44.1 Å². The quantitative estimate of drug-likeness (QED) is 0.106. The average molecular weight is 1050 g/mol. The molecule has 0 radical (unpaired) electrons. The van der Waals surface area contributed by atoms with Gasteiger partial charge in [-0.05, 0) is 113 Å². The zero-order chi connectivity index (χ0) is 55.6. The van der Waals surface area contributed by atoms with E-state index in [4.69, 9.17) is 0 Å². The van der Waals surface area contributed by atoms with Crippen molar-refractivity contribution in [2.24, 2.45) is 16.2 Å². The van der Waals surface area contributed by atoms with Gasteiger partial charge in [-0.2, -0.15) is 0 Å². The number of carbonyl (C=O) groups excluding carboxylic acids is 7. The van der Waals surface area contributed by atoms with Crippen LogP contribution in [0.3, 0.4) is 0 Å². The standard InChI is InChI=1S/C58H79F2N9O7/c1-33(61-10)49(70)65-47(56(4,5)6)53(74)67-30-38-20-13-12-19-37(38)28-45(67)52(73)69(35(3)40-23-17-24-42(59)46(40)60)32-58(26-27-58)55(76)63-39-29-44(51(72)64-43-25-16-21-36-18-14-15-22-41(36)43)68(31-39)54(75)48(57(7,8)9)66-50(71)34(2)62-11/h12-15,17-20,22-24,33-35,39,43-45,47-48,61-62H,16,21,25-32H2,1-11H3,(H,63,76)(H,64,72)(H,65,70)(H,66,71)/t33-,34-,35+,39-,43?,44-,45?,47?,48+/m0/s1. The van der Waals surface area contributed by atoms with Crippen molar-refractivity contribution in [2.45, 2.75) is 168 Å². The molecule has 7 amide bonds. The van der Waals surface area contributed by atoms with E-state index in [9.17, 15) is 19.2 Å². The van der Waals surface area contributed by atoms with Crippen LogP contribution in [0.2, 0.25) is 0 Å². The summed E-state index contributed by atoms with van der Waals surface area (Å²) in [7, 11) is 3.27. The molecule has 18 heteroatoms. The van der Waals surface area contributed by atoms with Crippen molar-refractivity contribution >= 4 is 41.4 Å². The van der Waals surface area contributed by atoms with E-state index in [0.29, 0.717) is 19.3 Å². The molecule has 9 atom stereocenters. The maximum atomic E-state index is 15.9. The second-order valence-electron chi connectivity index (χ2n) is 23.7. The first-order valence-electron chi connectivity index (χ1n) is 26.9. The Bertz CT molecular complexity index is 2680. The highest BCUT2D eigenvalue weighted by molar-refractivity contribution is 5.96. The smallest absolute Gasteiger partial charge is 0.246 e. The van der Waals surface area contributed by atoms with Crippen molar-refractivity contribution in [3.05, 3.63) is 106 Å². The fraction of sp³-hybridized carbons (Fsp3) is 0.569. The van der Waals surface area contributed by atoms with Crippen LogP contribution in [0.4, 0.5) is 8.78 Å².